The van der Waals surface area contributed by atoms with E-state index in [1.54, 1.807) is 11.3 Å². The lowest BCUT2D eigenvalue weighted by molar-refractivity contribution is -0.126. The molecule has 5 aromatic rings. The van der Waals surface area contributed by atoms with E-state index >= 15 is 0 Å². The summed E-state index contributed by atoms with van der Waals surface area (Å²) in [5.41, 5.74) is 14.0. The van der Waals surface area contributed by atoms with Crippen LogP contribution in [0.25, 0.3) is 49.2 Å². The Bertz CT molecular complexity index is 1670. The Balaban J connectivity index is 1.38. The number of rotatable bonds is 8. The molecule has 0 bridgehead atoms. The summed E-state index contributed by atoms with van der Waals surface area (Å²) in [4.78, 5) is 17.4. The van der Waals surface area contributed by atoms with Crippen LogP contribution in [0.3, 0.4) is 0 Å². The number of hydrogen-bond donors (Lipinski definition) is 4. The number of thiophene rings is 1. The van der Waals surface area contributed by atoms with Crippen LogP contribution in [0.15, 0.2) is 77.8 Å². The third kappa shape index (κ3) is 4.59. The highest BCUT2D eigenvalue weighted by Crippen LogP contribution is 2.36. The maximum absolute atomic E-state index is 12.5. The molecule has 3 aromatic heterocycles. The topological polar surface area (TPSA) is 99.6 Å². The quantitative estimate of drug-likeness (QED) is 0.166. The highest BCUT2D eigenvalue weighted by molar-refractivity contribution is 7.13. The number of benzene rings is 2. The van der Waals surface area contributed by atoms with Crippen molar-refractivity contribution in [1.29, 1.82) is 0 Å². The van der Waals surface area contributed by atoms with E-state index in [2.05, 4.69) is 93.5 Å². The van der Waals surface area contributed by atoms with Crippen LogP contribution in [0.5, 0.6) is 0 Å². The molecule has 1 saturated carbocycles. The number of fused-ring (bicyclic) bond motifs is 2. The molecule has 3 heterocycles. The molecule has 0 spiro atoms. The Hall–Kier alpha value is -3.94. The third-order valence-corrected chi connectivity index (χ3v) is 8.24. The summed E-state index contributed by atoms with van der Waals surface area (Å²) in [6.07, 6.45) is 8.09. The molecule has 2 aromatic carbocycles. The Morgan fingerprint density at radius 1 is 1.13 bits per heavy atom. The molecule has 38 heavy (non-hydrogen) atoms. The summed E-state index contributed by atoms with van der Waals surface area (Å²) >= 11 is 1.74. The molecule has 0 unspecified atom stereocenters. The predicted octanol–water partition coefficient (Wildman–Crippen LogP) is 6.99. The minimum Gasteiger partial charge on any atom is -0.353 e. The van der Waals surface area contributed by atoms with E-state index < -0.39 is 0 Å². The SMILES string of the molecule is CC/C=C(\C=C(/CN)NC(=O)C1CCC1)c1ccc2[nH]nc(-c3cc4c(-c5cccs5)cccc4[nH]3)c2c1. The summed E-state index contributed by atoms with van der Waals surface area (Å²) in [5.74, 6) is 0.196. The molecule has 0 aliphatic heterocycles. The molecular weight excluding hydrogens is 490 g/mol. The van der Waals surface area contributed by atoms with Crippen molar-refractivity contribution >= 4 is 44.6 Å². The normalized spacial score (nSPS) is 14.8. The molecule has 7 heteroatoms. The van der Waals surface area contributed by atoms with Gasteiger partial charge in [-0.3, -0.25) is 9.89 Å². The van der Waals surface area contributed by atoms with Crippen molar-refractivity contribution in [3.63, 3.8) is 0 Å². The van der Waals surface area contributed by atoms with Crippen LogP contribution in [-0.2, 0) is 4.79 Å². The first kappa shape index (κ1) is 24.4. The van der Waals surface area contributed by atoms with Gasteiger partial charge in [-0.2, -0.15) is 5.10 Å². The summed E-state index contributed by atoms with van der Waals surface area (Å²) < 4.78 is 0. The highest BCUT2D eigenvalue weighted by Gasteiger charge is 2.25. The fraction of sp³-hybridized carbons (Fsp3) is 0.226. The zero-order valence-corrected chi connectivity index (χ0v) is 22.2. The van der Waals surface area contributed by atoms with Gasteiger partial charge >= 0.3 is 0 Å². The van der Waals surface area contributed by atoms with E-state index in [0.29, 0.717) is 0 Å². The number of nitrogens with one attached hydrogen (secondary N) is 3. The molecule has 5 N–H and O–H groups in total. The Kier molecular flexibility index (Phi) is 6.70. The number of H-pyrrole nitrogens is 2. The van der Waals surface area contributed by atoms with Crippen molar-refractivity contribution in [1.82, 2.24) is 20.5 Å². The molecule has 6 rings (SSSR count). The molecular formula is C31H31N5OS. The smallest absolute Gasteiger partial charge is 0.227 e. The van der Waals surface area contributed by atoms with E-state index in [9.17, 15) is 4.79 Å². The second-order valence-corrected chi connectivity index (χ2v) is 10.8. The van der Waals surface area contributed by atoms with Crippen molar-refractivity contribution < 1.29 is 4.79 Å². The van der Waals surface area contributed by atoms with Gasteiger partial charge in [-0.1, -0.05) is 43.7 Å². The fourth-order valence-corrected chi connectivity index (χ4v) is 5.84. The lowest BCUT2D eigenvalue weighted by Gasteiger charge is -2.24. The summed E-state index contributed by atoms with van der Waals surface area (Å²) in [6, 6.07) is 19.1. The van der Waals surface area contributed by atoms with Gasteiger partial charge in [0.2, 0.25) is 5.91 Å². The first-order chi connectivity index (χ1) is 18.6. The van der Waals surface area contributed by atoms with Crippen molar-refractivity contribution in [2.75, 3.05) is 6.54 Å². The van der Waals surface area contributed by atoms with E-state index in [1.807, 2.05) is 6.08 Å². The van der Waals surface area contributed by atoms with E-state index in [1.165, 1.54) is 15.8 Å². The van der Waals surface area contributed by atoms with Gasteiger partial charge < -0.3 is 16.0 Å². The van der Waals surface area contributed by atoms with Crippen LogP contribution in [0.4, 0.5) is 0 Å². The zero-order valence-electron chi connectivity index (χ0n) is 21.4. The van der Waals surface area contributed by atoms with E-state index in [-0.39, 0.29) is 18.4 Å². The van der Waals surface area contributed by atoms with Crippen molar-refractivity contribution in [2.24, 2.45) is 11.7 Å². The zero-order chi connectivity index (χ0) is 26.1. The number of carbonyl (C=O) groups is 1. The Labute approximate surface area is 225 Å². The van der Waals surface area contributed by atoms with Crippen LogP contribution in [0.1, 0.15) is 38.2 Å². The fourth-order valence-electron chi connectivity index (χ4n) is 5.07. The van der Waals surface area contributed by atoms with Crippen LogP contribution >= 0.6 is 11.3 Å². The van der Waals surface area contributed by atoms with Gasteiger partial charge in [0.05, 0.1) is 11.2 Å². The Morgan fingerprint density at radius 3 is 2.76 bits per heavy atom. The molecule has 0 radical (unpaired) electrons. The van der Waals surface area contributed by atoms with Crippen molar-refractivity contribution in [3.05, 3.63) is 83.4 Å². The number of hydrogen-bond acceptors (Lipinski definition) is 4. The van der Waals surface area contributed by atoms with Gasteiger partial charge in [0.15, 0.2) is 0 Å². The molecule has 1 aliphatic carbocycles. The maximum Gasteiger partial charge on any atom is 0.227 e. The number of aromatic amines is 2. The van der Waals surface area contributed by atoms with Crippen LogP contribution < -0.4 is 11.1 Å². The number of carbonyl (C=O) groups excluding carboxylic acids is 1. The van der Waals surface area contributed by atoms with Gasteiger partial charge in [-0.05, 0) is 72.2 Å². The lowest BCUT2D eigenvalue weighted by Crippen LogP contribution is -2.35. The summed E-state index contributed by atoms with van der Waals surface area (Å²) in [7, 11) is 0. The van der Waals surface area contributed by atoms with Crippen LogP contribution in [0, 0.1) is 5.92 Å². The monoisotopic (exact) mass is 521 g/mol. The Morgan fingerprint density at radius 2 is 2.03 bits per heavy atom. The van der Waals surface area contributed by atoms with Crippen molar-refractivity contribution in [3.8, 4) is 21.8 Å². The molecule has 192 valence electrons. The number of nitrogens with zero attached hydrogens (tertiary/aromatic N) is 1. The number of amides is 1. The van der Waals surface area contributed by atoms with E-state index in [0.717, 1.165) is 70.3 Å². The number of allylic oxidation sites excluding steroid dienone is 3. The predicted molar refractivity (Wildman–Crippen MR) is 158 cm³/mol. The number of aromatic nitrogens is 3. The highest BCUT2D eigenvalue weighted by atomic mass is 32.1. The summed E-state index contributed by atoms with van der Waals surface area (Å²) in [5, 5.41) is 15.3. The standard InChI is InChI=1S/C31H31N5OS/c1-2-6-20(15-22(18-32)33-31(37)19-7-3-8-19)21-12-13-27-25(16-21)30(36-35-27)28-17-24-23(29-11-5-14-38-29)9-4-10-26(24)34-28/h4-6,9-17,19,34H,2-3,7-8,18,32H2,1H3,(H,33,37)(H,35,36)/b20-6+,22-15+. The third-order valence-electron chi connectivity index (χ3n) is 7.34. The molecule has 0 saturated heterocycles. The van der Waals surface area contributed by atoms with E-state index in [4.69, 9.17) is 5.73 Å². The van der Waals surface area contributed by atoms with Gasteiger partial charge in [-0.15, -0.1) is 11.3 Å². The van der Waals surface area contributed by atoms with Gasteiger partial charge in [-0.25, -0.2) is 0 Å². The molecule has 6 nitrogen and oxygen atoms in total. The maximum atomic E-state index is 12.5. The molecule has 1 aliphatic rings. The second kappa shape index (κ2) is 10.4. The first-order valence-corrected chi connectivity index (χ1v) is 14.1. The van der Waals surface area contributed by atoms with Crippen LogP contribution in [-0.4, -0.2) is 27.6 Å². The summed E-state index contributed by atoms with van der Waals surface area (Å²) in [6.45, 7) is 2.39. The average molecular weight is 522 g/mol. The lowest BCUT2D eigenvalue weighted by atomic mass is 9.85. The average Bonchev–Trinajstić information content (AvgIpc) is 3.65. The molecule has 0 atom stereocenters. The second-order valence-electron chi connectivity index (χ2n) is 9.82. The van der Waals surface area contributed by atoms with Crippen LogP contribution in [0.2, 0.25) is 0 Å². The first-order valence-electron chi connectivity index (χ1n) is 13.2. The van der Waals surface area contributed by atoms with Gasteiger partial charge in [0, 0.05) is 44.9 Å². The molecule has 1 fully saturated rings. The van der Waals surface area contributed by atoms with Gasteiger partial charge in [0.25, 0.3) is 0 Å². The number of nitrogens with two attached hydrogens (primary N) is 1. The van der Waals surface area contributed by atoms with Gasteiger partial charge in [0.1, 0.15) is 5.69 Å². The minimum atomic E-state index is 0.0806. The van der Waals surface area contributed by atoms with Crippen molar-refractivity contribution in [2.45, 2.75) is 32.6 Å². The molecule has 1 amide bonds. The minimum absolute atomic E-state index is 0.0806. The largest absolute Gasteiger partial charge is 0.353 e.